The van der Waals surface area contributed by atoms with E-state index in [4.69, 9.17) is 16.3 Å². The second-order valence-corrected chi connectivity index (χ2v) is 5.66. The molecule has 5 nitrogen and oxygen atoms in total. The highest BCUT2D eigenvalue weighted by Crippen LogP contribution is 2.26. The quantitative estimate of drug-likeness (QED) is 0.564. The molecule has 126 valence electrons. The normalized spacial score (nSPS) is 11.0. The maximum atomic E-state index is 11.0. The number of methoxy groups -OCH3 is 1. The van der Waals surface area contributed by atoms with Crippen LogP contribution >= 0.6 is 11.6 Å². The van der Waals surface area contributed by atoms with Gasteiger partial charge in [-0.25, -0.2) is 0 Å². The molecule has 0 atom stereocenters. The first-order valence-electron chi connectivity index (χ1n) is 7.46. The lowest BCUT2D eigenvalue weighted by atomic mass is 10.0. The molecule has 0 aliphatic carbocycles. The highest BCUT2D eigenvalue weighted by Gasteiger charge is 2.06. The van der Waals surface area contributed by atoms with Crippen molar-refractivity contribution in [2.75, 3.05) is 12.5 Å². The fourth-order valence-corrected chi connectivity index (χ4v) is 2.70. The van der Waals surface area contributed by atoms with Crippen LogP contribution in [0.4, 0.5) is 5.69 Å². The van der Waals surface area contributed by atoms with Crippen molar-refractivity contribution in [2.24, 2.45) is 5.10 Å². The van der Waals surface area contributed by atoms with E-state index < -0.39 is 5.97 Å². The smallest absolute Gasteiger partial charge is 0.128 e. The number of nitrogens with zero attached hydrogens (tertiary/aromatic N) is 1. The molecule has 0 spiro atoms. The molecule has 0 saturated carbocycles. The van der Waals surface area contributed by atoms with Gasteiger partial charge >= 0.3 is 0 Å². The van der Waals surface area contributed by atoms with Gasteiger partial charge in [0.25, 0.3) is 0 Å². The lowest BCUT2D eigenvalue weighted by molar-refractivity contribution is -0.255. The molecule has 6 heteroatoms. The monoisotopic (exact) mass is 353 g/mol. The van der Waals surface area contributed by atoms with Crippen molar-refractivity contribution in [3.63, 3.8) is 0 Å². The summed E-state index contributed by atoms with van der Waals surface area (Å²) in [5.74, 6) is -0.649. The van der Waals surface area contributed by atoms with E-state index in [2.05, 4.69) is 10.5 Å². The average Bonchev–Trinajstić information content (AvgIpc) is 2.62. The standard InChI is InChI=1S/C19H15ClN2O3/c1-25-18-9-6-12-4-2-3-5-14(12)16(18)11-21-22-13-7-8-17(20)15(10-13)19(23)24/h2-11,22H,1H3,(H,23,24)/p-1/b21-11-. The number of halogens is 1. The predicted octanol–water partition coefficient (Wildman–Crippen LogP) is 3.31. The van der Waals surface area contributed by atoms with E-state index in [1.54, 1.807) is 19.4 Å². The number of hydrogen-bond donors (Lipinski definition) is 1. The Morgan fingerprint density at radius 1 is 1.20 bits per heavy atom. The molecule has 1 N–H and O–H groups in total. The molecular formula is C19H14ClN2O3-. The summed E-state index contributed by atoms with van der Waals surface area (Å²) in [4.78, 5) is 11.0. The minimum atomic E-state index is -1.34. The molecule has 0 bridgehead atoms. The molecule has 25 heavy (non-hydrogen) atoms. The summed E-state index contributed by atoms with van der Waals surface area (Å²) in [5, 5.41) is 17.4. The van der Waals surface area contributed by atoms with Crippen LogP contribution < -0.4 is 15.3 Å². The van der Waals surface area contributed by atoms with E-state index in [0.717, 1.165) is 16.3 Å². The van der Waals surface area contributed by atoms with Gasteiger partial charge in [0, 0.05) is 16.1 Å². The van der Waals surface area contributed by atoms with Crippen LogP contribution in [0.2, 0.25) is 5.02 Å². The lowest BCUT2D eigenvalue weighted by Gasteiger charge is -2.09. The Morgan fingerprint density at radius 2 is 2.00 bits per heavy atom. The third-order valence-electron chi connectivity index (χ3n) is 3.72. The van der Waals surface area contributed by atoms with Crippen molar-refractivity contribution in [3.8, 4) is 5.75 Å². The van der Waals surface area contributed by atoms with Gasteiger partial charge in [-0.15, -0.1) is 0 Å². The first kappa shape index (κ1) is 16.8. The molecule has 3 rings (SSSR count). The number of nitrogens with one attached hydrogen (secondary N) is 1. The molecule has 0 saturated heterocycles. The zero-order chi connectivity index (χ0) is 17.8. The third kappa shape index (κ3) is 3.56. The number of hydrogen-bond acceptors (Lipinski definition) is 5. The predicted molar refractivity (Wildman–Crippen MR) is 97.5 cm³/mol. The molecule has 0 unspecified atom stereocenters. The Labute approximate surface area is 149 Å². The van der Waals surface area contributed by atoms with Crippen LogP contribution in [0.15, 0.2) is 59.7 Å². The summed E-state index contributed by atoms with van der Waals surface area (Å²) < 4.78 is 5.40. The van der Waals surface area contributed by atoms with Gasteiger partial charge < -0.3 is 14.6 Å². The van der Waals surface area contributed by atoms with Gasteiger partial charge in [-0.2, -0.15) is 5.10 Å². The van der Waals surface area contributed by atoms with E-state index in [0.29, 0.717) is 11.4 Å². The Balaban J connectivity index is 1.91. The van der Waals surface area contributed by atoms with Crippen molar-refractivity contribution in [1.29, 1.82) is 0 Å². The van der Waals surface area contributed by atoms with Crippen LogP contribution in [-0.4, -0.2) is 19.3 Å². The van der Waals surface area contributed by atoms with Crippen LogP contribution in [-0.2, 0) is 0 Å². The van der Waals surface area contributed by atoms with Crippen molar-refractivity contribution >= 4 is 40.2 Å². The summed E-state index contributed by atoms with van der Waals surface area (Å²) >= 11 is 5.82. The van der Waals surface area contributed by atoms with E-state index in [1.807, 2.05) is 36.4 Å². The Morgan fingerprint density at radius 3 is 2.76 bits per heavy atom. The highest BCUT2D eigenvalue weighted by molar-refractivity contribution is 6.33. The summed E-state index contributed by atoms with van der Waals surface area (Å²) in [6.45, 7) is 0. The second kappa shape index (κ2) is 7.23. The number of benzene rings is 3. The molecule has 0 aliphatic rings. The summed E-state index contributed by atoms with van der Waals surface area (Å²) in [7, 11) is 1.60. The summed E-state index contributed by atoms with van der Waals surface area (Å²) in [6, 6.07) is 16.2. The van der Waals surface area contributed by atoms with Crippen LogP contribution in [0.5, 0.6) is 5.75 Å². The first-order valence-corrected chi connectivity index (χ1v) is 7.83. The van der Waals surface area contributed by atoms with Crippen LogP contribution in [0.25, 0.3) is 10.8 Å². The fraction of sp³-hybridized carbons (Fsp3) is 0.0526. The third-order valence-corrected chi connectivity index (χ3v) is 4.05. The number of carbonyl (C=O) groups is 1. The van der Waals surface area contributed by atoms with Gasteiger partial charge in [-0.3, -0.25) is 5.43 Å². The van der Waals surface area contributed by atoms with Crippen molar-refractivity contribution in [3.05, 3.63) is 70.7 Å². The minimum Gasteiger partial charge on any atom is -0.545 e. The molecule has 0 amide bonds. The molecule has 0 heterocycles. The zero-order valence-electron chi connectivity index (χ0n) is 13.3. The Hall–Kier alpha value is -3.05. The highest BCUT2D eigenvalue weighted by atomic mass is 35.5. The van der Waals surface area contributed by atoms with Crippen LogP contribution in [0.3, 0.4) is 0 Å². The number of carbonyl (C=O) groups excluding carboxylic acids is 1. The average molecular weight is 354 g/mol. The summed E-state index contributed by atoms with van der Waals surface area (Å²) in [6.07, 6.45) is 1.63. The van der Waals surface area contributed by atoms with Gasteiger partial charge in [0.15, 0.2) is 0 Å². The molecule has 3 aromatic rings. The number of hydrazone groups is 1. The number of carboxylic acid groups (broad SMARTS) is 1. The van der Waals surface area contributed by atoms with E-state index in [1.165, 1.54) is 12.1 Å². The molecular weight excluding hydrogens is 340 g/mol. The largest absolute Gasteiger partial charge is 0.545 e. The Kier molecular flexibility index (Phi) is 4.86. The zero-order valence-corrected chi connectivity index (χ0v) is 14.1. The SMILES string of the molecule is COc1ccc2ccccc2c1/C=N\Nc1ccc(Cl)c(C(=O)[O-])c1. The number of rotatable bonds is 5. The first-order chi connectivity index (χ1) is 12.1. The molecule has 0 radical (unpaired) electrons. The van der Waals surface area contributed by atoms with Gasteiger partial charge in [-0.05, 0) is 35.0 Å². The van der Waals surface area contributed by atoms with Gasteiger partial charge in [-0.1, -0.05) is 41.9 Å². The Bertz CT molecular complexity index is 970. The van der Waals surface area contributed by atoms with E-state index >= 15 is 0 Å². The number of aromatic carboxylic acids is 1. The molecule has 0 aliphatic heterocycles. The number of anilines is 1. The summed E-state index contributed by atoms with van der Waals surface area (Å²) in [5.41, 5.74) is 4.01. The van der Waals surface area contributed by atoms with Crippen molar-refractivity contribution in [1.82, 2.24) is 0 Å². The van der Waals surface area contributed by atoms with Crippen molar-refractivity contribution in [2.45, 2.75) is 0 Å². The van der Waals surface area contributed by atoms with Crippen LogP contribution in [0.1, 0.15) is 15.9 Å². The maximum absolute atomic E-state index is 11.0. The fourth-order valence-electron chi connectivity index (χ4n) is 2.51. The molecule has 3 aromatic carbocycles. The van der Waals surface area contributed by atoms with Crippen LogP contribution in [0, 0.1) is 0 Å². The van der Waals surface area contributed by atoms with Gasteiger partial charge in [0.1, 0.15) is 5.75 Å². The lowest BCUT2D eigenvalue weighted by Crippen LogP contribution is -2.22. The minimum absolute atomic E-state index is 0.0930. The number of ether oxygens (including phenoxy) is 1. The molecule has 0 aromatic heterocycles. The number of carboxylic acids is 1. The maximum Gasteiger partial charge on any atom is 0.128 e. The van der Waals surface area contributed by atoms with Gasteiger partial charge in [0.2, 0.25) is 0 Å². The molecule has 0 fully saturated rings. The van der Waals surface area contributed by atoms with Crippen molar-refractivity contribution < 1.29 is 14.6 Å². The van der Waals surface area contributed by atoms with Gasteiger partial charge in [0.05, 0.1) is 25.0 Å². The second-order valence-electron chi connectivity index (χ2n) is 5.25. The van der Waals surface area contributed by atoms with E-state index in [-0.39, 0.29) is 10.6 Å². The van der Waals surface area contributed by atoms with E-state index in [9.17, 15) is 9.90 Å². The topological polar surface area (TPSA) is 73.8 Å². The number of fused-ring (bicyclic) bond motifs is 1.